The van der Waals surface area contributed by atoms with Crippen LogP contribution < -0.4 is 5.73 Å². The molecule has 21 heavy (non-hydrogen) atoms. The summed E-state index contributed by atoms with van der Waals surface area (Å²) in [6, 6.07) is 4.75. The van der Waals surface area contributed by atoms with Crippen LogP contribution in [0.5, 0.6) is 0 Å². The van der Waals surface area contributed by atoms with E-state index >= 15 is 0 Å². The van der Waals surface area contributed by atoms with E-state index < -0.39 is 5.97 Å². The summed E-state index contributed by atoms with van der Waals surface area (Å²) in [4.78, 5) is 24.5. The fourth-order valence-corrected chi connectivity index (χ4v) is 2.85. The van der Waals surface area contributed by atoms with Crippen LogP contribution in [-0.2, 0) is 11.3 Å². The molecule has 0 spiro atoms. The van der Waals surface area contributed by atoms with Crippen LogP contribution in [0.3, 0.4) is 0 Å². The fourth-order valence-electron chi connectivity index (χ4n) is 2.85. The van der Waals surface area contributed by atoms with E-state index in [4.69, 9.17) is 10.8 Å². The molecule has 0 radical (unpaired) electrons. The van der Waals surface area contributed by atoms with Crippen molar-refractivity contribution in [3.8, 4) is 0 Å². The zero-order valence-electron chi connectivity index (χ0n) is 12.1. The molecule has 2 rings (SSSR count). The summed E-state index contributed by atoms with van der Waals surface area (Å²) in [5, 5.41) is 9.05. The molecule has 0 amide bonds. The highest BCUT2D eigenvalue weighted by molar-refractivity contribution is 5.88. The first kappa shape index (κ1) is 15.7. The molecule has 1 unspecified atom stereocenters. The Balaban J connectivity index is 2.00. The molecule has 1 aliphatic heterocycles. The van der Waals surface area contributed by atoms with Crippen molar-refractivity contribution in [3.63, 3.8) is 0 Å². The van der Waals surface area contributed by atoms with Crippen molar-refractivity contribution in [1.29, 1.82) is 0 Å². The van der Waals surface area contributed by atoms with Crippen molar-refractivity contribution >= 4 is 12.3 Å². The Bertz CT molecular complexity index is 516. The summed E-state index contributed by atoms with van der Waals surface area (Å²) in [5.41, 5.74) is 7.60. The molecule has 0 aliphatic carbocycles. The first-order valence-corrected chi connectivity index (χ1v) is 7.43. The molecule has 1 aromatic carbocycles. The van der Waals surface area contributed by atoms with E-state index in [1.165, 1.54) is 0 Å². The van der Waals surface area contributed by atoms with Crippen LogP contribution in [0.1, 0.15) is 53.2 Å². The molecule has 0 aromatic heterocycles. The van der Waals surface area contributed by atoms with Gasteiger partial charge in [0.2, 0.25) is 0 Å². The second-order valence-corrected chi connectivity index (χ2v) is 5.47. The number of hydrogen-bond donors (Lipinski definition) is 2. The minimum atomic E-state index is -0.956. The minimum absolute atomic E-state index is 0.241. The van der Waals surface area contributed by atoms with Gasteiger partial charge in [-0.3, -0.25) is 4.90 Å². The highest BCUT2D eigenvalue weighted by atomic mass is 16.4. The molecular weight excluding hydrogens is 268 g/mol. The van der Waals surface area contributed by atoms with Gasteiger partial charge in [-0.15, -0.1) is 0 Å². The number of nitrogens with zero attached hydrogens (tertiary/aromatic N) is 1. The van der Waals surface area contributed by atoms with Crippen molar-refractivity contribution in [2.45, 2.75) is 38.3 Å². The van der Waals surface area contributed by atoms with E-state index in [1.54, 1.807) is 12.1 Å². The highest BCUT2D eigenvalue weighted by Crippen LogP contribution is 2.33. The predicted molar refractivity (Wildman–Crippen MR) is 80.1 cm³/mol. The zero-order valence-corrected chi connectivity index (χ0v) is 12.1. The number of rotatable bonds is 8. The lowest BCUT2D eigenvalue weighted by Gasteiger charge is -2.20. The maximum absolute atomic E-state index is 11.4. The number of carboxylic acid groups (broad SMARTS) is 1. The van der Waals surface area contributed by atoms with Crippen molar-refractivity contribution in [3.05, 3.63) is 34.9 Å². The first-order valence-electron chi connectivity index (χ1n) is 7.43. The molecule has 1 heterocycles. The number of nitrogens with two attached hydrogens (primary N) is 1. The van der Waals surface area contributed by atoms with E-state index in [0.717, 1.165) is 62.7 Å². The van der Waals surface area contributed by atoms with Gasteiger partial charge < -0.3 is 15.6 Å². The molecule has 5 heteroatoms. The largest absolute Gasteiger partial charge is 0.478 e. The smallest absolute Gasteiger partial charge is 0.335 e. The molecule has 0 fully saturated rings. The monoisotopic (exact) mass is 290 g/mol. The van der Waals surface area contributed by atoms with Gasteiger partial charge in [-0.1, -0.05) is 18.9 Å². The topological polar surface area (TPSA) is 83.6 Å². The quantitative estimate of drug-likeness (QED) is 0.565. The third-order valence-electron chi connectivity index (χ3n) is 4.01. The van der Waals surface area contributed by atoms with Gasteiger partial charge in [-0.25, -0.2) is 4.79 Å². The van der Waals surface area contributed by atoms with Gasteiger partial charge in [0.25, 0.3) is 0 Å². The molecular formula is C16H22N2O3. The number of hydrogen-bond acceptors (Lipinski definition) is 4. The van der Waals surface area contributed by atoms with Crippen LogP contribution in [0.2, 0.25) is 0 Å². The van der Waals surface area contributed by atoms with Gasteiger partial charge >= 0.3 is 5.97 Å². The number of unbranched alkanes of at least 4 members (excludes halogenated alkanes) is 3. The van der Waals surface area contributed by atoms with Crippen LogP contribution in [0.4, 0.5) is 0 Å². The van der Waals surface area contributed by atoms with E-state index in [2.05, 4.69) is 4.90 Å². The zero-order chi connectivity index (χ0) is 15.2. The summed E-state index contributed by atoms with van der Waals surface area (Å²) in [5.74, 6) is -0.956. The summed E-state index contributed by atoms with van der Waals surface area (Å²) in [7, 11) is 0. The number of carbonyl (C=O) groups excluding carboxylic acids is 1. The first-order chi connectivity index (χ1) is 10.2. The van der Waals surface area contributed by atoms with E-state index in [1.807, 2.05) is 6.07 Å². The lowest BCUT2D eigenvalue weighted by Crippen LogP contribution is -2.24. The Morgan fingerprint density at radius 2 is 2.10 bits per heavy atom. The van der Waals surface area contributed by atoms with E-state index in [0.29, 0.717) is 0 Å². The van der Waals surface area contributed by atoms with Crippen LogP contribution in [0.25, 0.3) is 0 Å². The lowest BCUT2D eigenvalue weighted by atomic mass is 10.0. The van der Waals surface area contributed by atoms with Gasteiger partial charge in [-0.05, 0) is 49.2 Å². The molecule has 1 aliphatic rings. The Kier molecular flexibility index (Phi) is 5.47. The molecule has 3 N–H and O–H groups in total. The standard InChI is InChI=1S/C16H22N2O3/c17-7-3-1-2-4-8-18-10-13-6-5-12(16(20)21)9-14(13)15(18)11-19/h5-6,9,11,15H,1-4,7-8,10,17H2,(H,20,21). The second-order valence-electron chi connectivity index (χ2n) is 5.47. The Morgan fingerprint density at radius 3 is 2.76 bits per heavy atom. The summed E-state index contributed by atoms with van der Waals surface area (Å²) in [6.45, 7) is 2.30. The Morgan fingerprint density at radius 1 is 1.33 bits per heavy atom. The second kappa shape index (κ2) is 7.33. The average Bonchev–Trinajstić information content (AvgIpc) is 2.83. The summed E-state index contributed by atoms with van der Waals surface area (Å²) >= 11 is 0. The molecule has 1 aromatic rings. The molecule has 0 saturated carbocycles. The van der Waals surface area contributed by atoms with E-state index in [-0.39, 0.29) is 11.6 Å². The Labute approximate surface area is 124 Å². The number of carboxylic acids is 1. The molecule has 0 saturated heterocycles. The van der Waals surface area contributed by atoms with Crippen molar-refractivity contribution in [2.24, 2.45) is 5.73 Å². The summed E-state index contributed by atoms with van der Waals surface area (Å²) in [6.07, 6.45) is 5.21. The van der Waals surface area contributed by atoms with Crippen LogP contribution in [0, 0.1) is 0 Å². The lowest BCUT2D eigenvalue weighted by molar-refractivity contribution is -0.112. The van der Waals surface area contributed by atoms with Gasteiger partial charge in [-0.2, -0.15) is 0 Å². The van der Waals surface area contributed by atoms with Crippen molar-refractivity contribution in [1.82, 2.24) is 4.90 Å². The molecule has 0 bridgehead atoms. The van der Waals surface area contributed by atoms with Crippen LogP contribution >= 0.6 is 0 Å². The number of aromatic carboxylic acids is 1. The van der Waals surface area contributed by atoms with Crippen LogP contribution in [0.15, 0.2) is 18.2 Å². The number of fused-ring (bicyclic) bond motifs is 1. The van der Waals surface area contributed by atoms with Crippen molar-refractivity contribution < 1.29 is 14.7 Å². The molecule has 1 atom stereocenters. The number of aldehydes is 1. The fraction of sp³-hybridized carbons (Fsp3) is 0.500. The van der Waals surface area contributed by atoms with Crippen molar-refractivity contribution in [2.75, 3.05) is 13.1 Å². The maximum Gasteiger partial charge on any atom is 0.335 e. The van der Waals surface area contributed by atoms with Crippen LogP contribution in [-0.4, -0.2) is 35.4 Å². The molecule has 114 valence electrons. The SMILES string of the molecule is NCCCCCCN1Cc2ccc(C(=O)O)cc2C1C=O. The third kappa shape index (κ3) is 3.68. The van der Waals surface area contributed by atoms with Gasteiger partial charge in [0, 0.05) is 6.54 Å². The third-order valence-corrected chi connectivity index (χ3v) is 4.01. The normalized spacial score (nSPS) is 17.7. The van der Waals surface area contributed by atoms with Gasteiger partial charge in [0.05, 0.1) is 11.6 Å². The van der Waals surface area contributed by atoms with Gasteiger partial charge in [0.1, 0.15) is 6.29 Å². The Hall–Kier alpha value is -1.72. The minimum Gasteiger partial charge on any atom is -0.478 e. The average molecular weight is 290 g/mol. The number of benzene rings is 1. The van der Waals surface area contributed by atoms with Gasteiger partial charge in [0.15, 0.2) is 0 Å². The summed E-state index contributed by atoms with van der Waals surface area (Å²) < 4.78 is 0. The predicted octanol–water partition coefficient (Wildman–Crippen LogP) is 1.96. The molecule has 5 nitrogen and oxygen atoms in total. The maximum atomic E-state index is 11.4. The number of carbonyl (C=O) groups is 2. The van der Waals surface area contributed by atoms with E-state index in [9.17, 15) is 9.59 Å². The highest BCUT2D eigenvalue weighted by Gasteiger charge is 2.29.